The minimum atomic E-state index is -1.04. The van der Waals surface area contributed by atoms with Gasteiger partial charge in [-0.3, -0.25) is 4.99 Å². The zero-order chi connectivity index (χ0) is 7.98. The summed E-state index contributed by atoms with van der Waals surface area (Å²) in [5.74, 6) is -0.361. The largest absolute Gasteiger partial charge is 1.00 e. The minimum absolute atomic E-state index is 0. The van der Waals surface area contributed by atoms with Gasteiger partial charge in [0.15, 0.2) is 0 Å². The topological polar surface area (TPSA) is 64.5 Å². The number of carboxylic acids is 1. The summed E-state index contributed by atoms with van der Waals surface area (Å²) >= 11 is 0. The number of carbonyl (C=O) groups excluding carboxylic acids is 1. The van der Waals surface area contributed by atoms with Crippen molar-refractivity contribution in [2.45, 2.75) is 12.8 Å². The van der Waals surface area contributed by atoms with E-state index in [9.17, 15) is 9.90 Å². The molecule has 0 unspecified atom stereocenters. The average Bonchev–Trinajstić information content (AvgIpc) is 1.90. The van der Waals surface area contributed by atoms with Gasteiger partial charge >= 0.3 is 18.9 Å². The van der Waals surface area contributed by atoms with E-state index < -0.39 is 5.97 Å². The molecule has 0 saturated carbocycles. The molecular formula is C6H11LiN2O2. The second-order valence-corrected chi connectivity index (χ2v) is 1.79. The molecule has 1 N–H and O–H groups in total. The molecule has 0 aliphatic heterocycles. The second-order valence-electron chi connectivity index (χ2n) is 1.79. The van der Waals surface area contributed by atoms with Gasteiger partial charge in [0, 0.05) is 26.5 Å². The molecule has 0 spiro atoms. The van der Waals surface area contributed by atoms with Crippen LogP contribution in [0.5, 0.6) is 0 Å². The van der Waals surface area contributed by atoms with Crippen LogP contribution in [0.15, 0.2) is 4.99 Å². The molecule has 0 rings (SSSR count). The molecule has 0 saturated heterocycles. The Morgan fingerprint density at radius 2 is 2.09 bits per heavy atom. The predicted octanol–water partition coefficient (Wildman–Crippen LogP) is -4.23. The predicted molar refractivity (Wildman–Crippen MR) is 36.7 cm³/mol. The molecular weight excluding hydrogens is 139 g/mol. The van der Waals surface area contributed by atoms with E-state index in [2.05, 4.69) is 10.3 Å². The molecule has 0 heterocycles. The number of rotatable bonds is 3. The van der Waals surface area contributed by atoms with Gasteiger partial charge in [0.1, 0.15) is 0 Å². The first-order valence-corrected chi connectivity index (χ1v) is 3.04. The Bertz CT molecular complexity index is 148. The van der Waals surface area contributed by atoms with Crippen LogP contribution >= 0.6 is 0 Å². The van der Waals surface area contributed by atoms with Crippen LogP contribution in [-0.4, -0.2) is 25.9 Å². The monoisotopic (exact) mass is 150 g/mol. The van der Waals surface area contributed by atoms with Crippen LogP contribution in [0.2, 0.25) is 0 Å². The standard InChI is InChI=1S/C6H12N2O2.Li/c1-7-5(8-2)3-4-6(9)10;/h3-4H2,1-2H3,(H,7,8)(H,9,10);/q;+1/p-1. The first-order valence-electron chi connectivity index (χ1n) is 3.04. The van der Waals surface area contributed by atoms with Gasteiger partial charge in [-0.25, -0.2) is 0 Å². The normalized spacial score (nSPS) is 10.2. The minimum Gasteiger partial charge on any atom is -0.550 e. The number of aliphatic imine (C=N–C) groups is 1. The van der Waals surface area contributed by atoms with Gasteiger partial charge in [-0.1, -0.05) is 0 Å². The van der Waals surface area contributed by atoms with E-state index in [0.29, 0.717) is 12.3 Å². The molecule has 0 aromatic carbocycles. The maximum Gasteiger partial charge on any atom is 1.00 e. The van der Waals surface area contributed by atoms with Crippen LogP contribution in [0.25, 0.3) is 0 Å². The van der Waals surface area contributed by atoms with Crippen molar-refractivity contribution >= 4 is 11.8 Å². The number of nitrogens with zero attached hydrogens (tertiary/aromatic N) is 1. The van der Waals surface area contributed by atoms with Gasteiger partial charge in [-0.2, -0.15) is 0 Å². The van der Waals surface area contributed by atoms with Crippen molar-refractivity contribution in [3.8, 4) is 0 Å². The Kier molecular flexibility index (Phi) is 9.14. The van der Waals surface area contributed by atoms with Crippen molar-refractivity contribution in [3.63, 3.8) is 0 Å². The molecule has 0 bridgehead atoms. The fourth-order valence-corrected chi connectivity index (χ4v) is 0.569. The van der Waals surface area contributed by atoms with Crippen LogP contribution in [0.3, 0.4) is 0 Å². The fourth-order valence-electron chi connectivity index (χ4n) is 0.569. The fraction of sp³-hybridized carbons (Fsp3) is 0.667. The van der Waals surface area contributed by atoms with Gasteiger partial charge in [-0.15, -0.1) is 0 Å². The number of hydrogen-bond acceptors (Lipinski definition) is 3. The van der Waals surface area contributed by atoms with Gasteiger partial charge < -0.3 is 15.2 Å². The summed E-state index contributed by atoms with van der Waals surface area (Å²) < 4.78 is 0. The molecule has 4 nitrogen and oxygen atoms in total. The Balaban J connectivity index is 0. The van der Waals surface area contributed by atoms with Crippen molar-refractivity contribution in [2.24, 2.45) is 4.99 Å². The van der Waals surface area contributed by atoms with Crippen LogP contribution in [0.4, 0.5) is 0 Å². The average molecular weight is 150 g/mol. The molecule has 58 valence electrons. The molecule has 0 amide bonds. The van der Waals surface area contributed by atoms with Gasteiger partial charge in [0.05, 0.1) is 5.84 Å². The quantitative estimate of drug-likeness (QED) is 0.252. The van der Waals surface area contributed by atoms with E-state index in [1.807, 2.05) is 0 Å². The second kappa shape index (κ2) is 7.64. The molecule has 0 aromatic rings. The zero-order valence-corrected chi connectivity index (χ0v) is 7.18. The smallest absolute Gasteiger partial charge is 0.550 e. The Morgan fingerprint density at radius 1 is 1.55 bits per heavy atom. The zero-order valence-electron chi connectivity index (χ0n) is 7.18. The molecule has 0 aliphatic rings. The molecule has 0 aromatic heterocycles. The maximum absolute atomic E-state index is 9.94. The van der Waals surface area contributed by atoms with Crippen LogP contribution < -0.4 is 29.3 Å². The molecule has 0 atom stereocenters. The summed E-state index contributed by atoms with van der Waals surface area (Å²) in [6, 6.07) is 0. The van der Waals surface area contributed by atoms with E-state index in [1.54, 1.807) is 14.1 Å². The van der Waals surface area contributed by atoms with E-state index in [-0.39, 0.29) is 25.3 Å². The van der Waals surface area contributed by atoms with E-state index in [1.165, 1.54) is 0 Å². The summed E-state index contributed by atoms with van der Waals surface area (Å²) in [7, 11) is 3.32. The molecule has 0 radical (unpaired) electrons. The SMILES string of the molecule is CN=C(CCC(=O)[O-])NC.[Li+]. The number of amidine groups is 1. The van der Waals surface area contributed by atoms with Gasteiger partial charge in [0.2, 0.25) is 0 Å². The Labute approximate surface area is 78.3 Å². The third-order valence-electron chi connectivity index (χ3n) is 1.12. The first-order chi connectivity index (χ1) is 4.70. The summed E-state index contributed by atoms with van der Waals surface area (Å²) in [6.07, 6.45) is 0.433. The molecule has 11 heavy (non-hydrogen) atoms. The maximum atomic E-state index is 9.94. The number of hydrogen-bond donors (Lipinski definition) is 1. The summed E-state index contributed by atoms with van der Waals surface area (Å²) in [5, 5.41) is 12.7. The van der Waals surface area contributed by atoms with E-state index >= 15 is 0 Å². The number of carboxylic acid groups (broad SMARTS) is 1. The molecule has 5 heteroatoms. The summed E-state index contributed by atoms with van der Waals surface area (Å²) in [4.78, 5) is 13.7. The summed E-state index contributed by atoms with van der Waals surface area (Å²) in [5.41, 5.74) is 0. The first kappa shape index (κ1) is 13.2. The van der Waals surface area contributed by atoms with E-state index in [4.69, 9.17) is 0 Å². The third kappa shape index (κ3) is 7.43. The Hall–Kier alpha value is -0.463. The van der Waals surface area contributed by atoms with Crippen LogP contribution in [0, 0.1) is 0 Å². The molecule has 0 aliphatic carbocycles. The van der Waals surface area contributed by atoms with Crippen molar-refractivity contribution in [3.05, 3.63) is 0 Å². The Morgan fingerprint density at radius 3 is 2.36 bits per heavy atom. The van der Waals surface area contributed by atoms with Gasteiger partial charge in [-0.05, 0) is 6.42 Å². The van der Waals surface area contributed by atoms with Gasteiger partial charge in [0.25, 0.3) is 0 Å². The van der Waals surface area contributed by atoms with Crippen molar-refractivity contribution in [1.29, 1.82) is 0 Å². The van der Waals surface area contributed by atoms with Crippen molar-refractivity contribution in [1.82, 2.24) is 5.32 Å². The number of nitrogens with one attached hydrogen (secondary N) is 1. The van der Waals surface area contributed by atoms with Crippen LogP contribution in [-0.2, 0) is 4.79 Å². The van der Waals surface area contributed by atoms with Crippen LogP contribution in [0.1, 0.15) is 12.8 Å². The number of aliphatic carboxylic acids is 1. The summed E-state index contributed by atoms with van der Waals surface area (Å²) in [6.45, 7) is 0. The van der Waals surface area contributed by atoms with E-state index in [0.717, 1.165) is 0 Å². The van der Waals surface area contributed by atoms with Crippen molar-refractivity contribution < 1.29 is 28.8 Å². The third-order valence-corrected chi connectivity index (χ3v) is 1.12. The molecule has 0 fully saturated rings. The number of carbonyl (C=O) groups is 1. The van der Waals surface area contributed by atoms with Crippen molar-refractivity contribution in [2.75, 3.05) is 14.1 Å².